The molecule has 4 nitrogen and oxygen atoms in total. The van der Waals surface area contributed by atoms with Crippen LogP contribution in [0.5, 0.6) is 0 Å². The lowest BCUT2D eigenvalue weighted by atomic mass is 10.1. The number of hydrogen-bond acceptors (Lipinski definition) is 5. The van der Waals surface area contributed by atoms with E-state index >= 15 is 0 Å². The fraction of sp³-hybridized carbons (Fsp3) is 0.462. The topological polar surface area (TPSA) is 71.2 Å². The molecule has 0 aliphatic rings. The van der Waals surface area contributed by atoms with Gasteiger partial charge in [0.2, 0.25) is 0 Å². The fourth-order valence-electron chi connectivity index (χ4n) is 1.75. The van der Waals surface area contributed by atoms with E-state index in [0.29, 0.717) is 5.92 Å². The summed E-state index contributed by atoms with van der Waals surface area (Å²) in [7, 11) is 0. The monoisotopic (exact) mass is 265 g/mol. The third kappa shape index (κ3) is 3.34. The van der Waals surface area contributed by atoms with Crippen molar-refractivity contribution in [2.24, 2.45) is 5.92 Å². The molecule has 0 aliphatic carbocycles. The maximum Gasteiger partial charge on any atom is 0.183 e. The van der Waals surface area contributed by atoms with Crippen molar-refractivity contribution in [1.82, 2.24) is 4.98 Å². The normalized spacial score (nSPS) is 12.8. The molecule has 2 rings (SSSR count). The first-order chi connectivity index (χ1) is 8.69. The van der Waals surface area contributed by atoms with Gasteiger partial charge < -0.3 is 16.2 Å². The number of rotatable bonds is 6. The number of benzene rings is 1. The Hall–Kier alpha value is -1.33. The van der Waals surface area contributed by atoms with Crippen molar-refractivity contribution in [2.75, 3.05) is 24.2 Å². The van der Waals surface area contributed by atoms with Crippen LogP contribution in [-0.2, 0) is 0 Å². The van der Waals surface area contributed by atoms with E-state index in [0.717, 1.165) is 40.4 Å². The minimum Gasteiger partial charge on any atom is -0.399 e. The molecule has 98 valence electrons. The second kappa shape index (κ2) is 6.02. The van der Waals surface area contributed by atoms with E-state index in [-0.39, 0.29) is 6.61 Å². The van der Waals surface area contributed by atoms with Gasteiger partial charge in [-0.2, -0.15) is 0 Å². The van der Waals surface area contributed by atoms with Crippen LogP contribution in [0, 0.1) is 5.92 Å². The number of fused-ring (bicyclic) bond motifs is 1. The number of anilines is 2. The maximum atomic E-state index is 8.93. The third-order valence-corrected chi connectivity index (χ3v) is 3.85. The lowest BCUT2D eigenvalue weighted by Gasteiger charge is -2.07. The molecule has 1 heterocycles. The van der Waals surface area contributed by atoms with Gasteiger partial charge in [0.25, 0.3) is 0 Å². The SMILES string of the molecule is CC(CO)CCCNc1nc2ccc(N)cc2s1. The Morgan fingerprint density at radius 2 is 2.33 bits per heavy atom. The highest BCUT2D eigenvalue weighted by atomic mass is 32.1. The molecule has 2 aromatic rings. The molecule has 0 fully saturated rings. The van der Waals surface area contributed by atoms with Crippen molar-refractivity contribution < 1.29 is 5.11 Å². The number of nitrogens with zero attached hydrogens (tertiary/aromatic N) is 1. The molecule has 0 saturated heterocycles. The minimum absolute atomic E-state index is 0.264. The number of aliphatic hydroxyl groups excluding tert-OH is 1. The summed E-state index contributed by atoms with van der Waals surface area (Å²) in [5.41, 5.74) is 7.50. The molecule has 0 radical (unpaired) electrons. The summed E-state index contributed by atoms with van der Waals surface area (Å²) in [6, 6.07) is 5.76. The highest BCUT2D eigenvalue weighted by Crippen LogP contribution is 2.27. The molecule has 4 N–H and O–H groups in total. The smallest absolute Gasteiger partial charge is 0.183 e. The van der Waals surface area contributed by atoms with Crippen LogP contribution in [0.3, 0.4) is 0 Å². The van der Waals surface area contributed by atoms with E-state index in [1.54, 1.807) is 11.3 Å². The van der Waals surface area contributed by atoms with E-state index in [1.165, 1.54) is 0 Å². The number of nitrogens with two attached hydrogens (primary N) is 1. The molecule has 0 saturated carbocycles. The van der Waals surface area contributed by atoms with Crippen LogP contribution >= 0.6 is 11.3 Å². The van der Waals surface area contributed by atoms with Crippen molar-refractivity contribution in [2.45, 2.75) is 19.8 Å². The summed E-state index contributed by atoms with van der Waals surface area (Å²) in [6.07, 6.45) is 2.07. The molecule has 0 bridgehead atoms. The lowest BCUT2D eigenvalue weighted by Crippen LogP contribution is -2.06. The van der Waals surface area contributed by atoms with Crippen LogP contribution in [0.2, 0.25) is 0 Å². The van der Waals surface area contributed by atoms with E-state index in [9.17, 15) is 0 Å². The second-order valence-electron chi connectivity index (χ2n) is 4.60. The van der Waals surface area contributed by atoms with E-state index < -0.39 is 0 Å². The molecule has 0 spiro atoms. The van der Waals surface area contributed by atoms with Gasteiger partial charge in [-0.1, -0.05) is 18.3 Å². The van der Waals surface area contributed by atoms with Crippen LogP contribution in [0.25, 0.3) is 10.2 Å². The van der Waals surface area contributed by atoms with Gasteiger partial charge in [0.05, 0.1) is 10.2 Å². The average Bonchev–Trinajstić information content (AvgIpc) is 2.76. The van der Waals surface area contributed by atoms with Crippen LogP contribution in [0.4, 0.5) is 10.8 Å². The first-order valence-corrected chi connectivity index (χ1v) is 7.01. The summed E-state index contributed by atoms with van der Waals surface area (Å²) < 4.78 is 1.11. The van der Waals surface area contributed by atoms with Gasteiger partial charge in [0.1, 0.15) is 0 Å². The zero-order chi connectivity index (χ0) is 13.0. The Morgan fingerprint density at radius 1 is 1.50 bits per heavy atom. The molecule has 18 heavy (non-hydrogen) atoms. The largest absolute Gasteiger partial charge is 0.399 e. The third-order valence-electron chi connectivity index (χ3n) is 2.87. The van der Waals surface area contributed by atoms with Gasteiger partial charge in [0, 0.05) is 18.8 Å². The summed E-state index contributed by atoms with van der Waals surface area (Å²) in [5, 5.41) is 13.2. The Labute approximate surface area is 111 Å². The van der Waals surface area contributed by atoms with Gasteiger partial charge in [0.15, 0.2) is 5.13 Å². The van der Waals surface area contributed by atoms with Crippen LogP contribution in [0.1, 0.15) is 19.8 Å². The van der Waals surface area contributed by atoms with Gasteiger partial charge >= 0.3 is 0 Å². The number of thiazole rings is 1. The lowest BCUT2D eigenvalue weighted by molar-refractivity contribution is 0.229. The molecule has 1 unspecified atom stereocenters. The number of aliphatic hydroxyl groups is 1. The summed E-state index contributed by atoms with van der Waals surface area (Å²) in [5.74, 6) is 0.377. The number of nitrogen functional groups attached to an aromatic ring is 1. The predicted molar refractivity (Wildman–Crippen MR) is 78.0 cm³/mol. The Kier molecular flexibility index (Phi) is 4.38. The molecule has 0 amide bonds. The predicted octanol–water partition coefficient (Wildman–Crippen LogP) is 2.70. The first-order valence-electron chi connectivity index (χ1n) is 6.20. The molecule has 5 heteroatoms. The zero-order valence-electron chi connectivity index (χ0n) is 10.5. The maximum absolute atomic E-state index is 8.93. The van der Waals surface area contributed by atoms with Crippen molar-refractivity contribution in [3.63, 3.8) is 0 Å². The quantitative estimate of drug-likeness (QED) is 0.555. The van der Waals surface area contributed by atoms with Gasteiger partial charge in [-0.05, 0) is 37.0 Å². The Morgan fingerprint density at radius 3 is 3.11 bits per heavy atom. The van der Waals surface area contributed by atoms with E-state index in [1.807, 2.05) is 18.2 Å². The first kappa shape index (κ1) is 13.1. The molecule has 1 atom stereocenters. The van der Waals surface area contributed by atoms with E-state index in [4.69, 9.17) is 10.8 Å². The molecular formula is C13H19N3OS. The Bertz CT molecular complexity index is 512. The van der Waals surface area contributed by atoms with Crippen LogP contribution < -0.4 is 11.1 Å². The number of hydrogen-bond donors (Lipinski definition) is 3. The average molecular weight is 265 g/mol. The second-order valence-corrected chi connectivity index (χ2v) is 5.63. The summed E-state index contributed by atoms with van der Waals surface area (Å²) in [4.78, 5) is 4.49. The Balaban J connectivity index is 1.88. The van der Waals surface area contributed by atoms with Crippen LogP contribution in [0.15, 0.2) is 18.2 Å². The van der Waals surface area contributed by atoms with Crippen molar-refractivity contribution in [3.8, 4) is 0 Å². The van der Waals surface area contributed by atoms with Gasteiger partial charge in [-0.15, -0.1) is 0 Å². The highest BCUT2D eigenvalue weighted by molar-refractivity contribution is 7.22. The van der Waals surface area contributed by atoms with Crippen molar-refractivity contribution >= 4 is 32.4 Å². The number of nitrogens with one attached hydrogen (secondary N) is 1. The highest BCUT2D eigenvalue weighted by Gasteiger charge is 2.04. The van der Waals surface area contributed by atoms with Gasteiger partial charge in [-0.25, -0.2) is 4.98 Å². The van der Waals surface area contributed by atoms with E-state index in [2.05, 4.69) is 17.2 Å². The standard InChI is InChI=1S/C13H19N3OS/c1-9(8-17)3-2-6-15-13-16-11-5-4-10(14)7-12(11)18-13/h4-5,7,9,17H,2-3,6,8,14H2,1H3,(H,15,16). The molecule has 0 aliphatic heterocycles. The zero-order valence-corrected chi connectivity index (χ0v) is 11.3. The molecular weight excluding hydrogens is 246 g/mol. The van der Waals surface area contributed by atoms with Crippen molar-refractivity contribution in [3.05, 3.63) is 18.2 Å². The van der Waals surface area contributed by atoms with Crippen molar-refractivity contribution in [1.29, 1.82) is 0 Å². The van der Waals surface area contributed by atoms with Gasteiger partial charge in [-0.3, -0.25) is 0 Å². The summed E-state index contributed by atoms with van der Waals surface area (Å²) in [6.45, 7) is 3.21. The minimum atomic E-state index is 0.264. The number of aromatic nitrogens is 1. The molecule has 1 aromatic heterocycles. The summed E-state index contributed by atoms with van der Waals surface area (Å²) >= 11 is 1.62. The molecule has 1 aromatic carbocycles. The fourth-order valence-corrected chi connectivity index (χ4v) is 2.69. The van der Waals surface area contributed by atoms with Crippen LogP contribution in [-0.4, -0.2) is 23.2 Å².